The summed E-state index contributed by atoms with van der Waals surface area (Å²) in [6.45, 7) is 2.67. The number of rotatable bonds is 7. The maximum absolute atomic E-state index is 13.0. The summed E-state index contributed by atoms with van der Waals surface area (Å²) in [6.07, 6.45) is -3.26. The molecule has 0 amide bonds. The maximum atomic E-state index is 13.0. The van der Waals surface area contributed by atoms with Crippen molar-refractivity contribution >= 4 is 0 Å². The SMILES string of the molecule is COc1cccc(C(C)NCCCc2ccccc2C(F)(F)F)c1. The second-order valence-electron chi connectivity index (χ2n) is 5.71. The van der Waals surface area contributed by atoms with Crippen molar-refractivity contribution in [1.29, 1.82) is 0 Å². The summed E-state index contributed by atoms with van der Waals surface area (Å²) < 4.78 is 44.1. The van der Waals surface area contributed by atoms with Gasteiger partial charge in [-0.15, -0.1) is 0 Å². The molecule has 2 nitrogen and oxygen atoms in total. The highest BCUT2D eigenvalue weighted by atomic mass is 19.4. The standard InChI is InChI=1S/C19H22F3NO/c1-14(16-8-5-10-17(13-16)24-2)23-12-6-9-15-7-3-4-11-18(15)19(20,21)22/h3-5,7-8,10-11,13-14,23H,6,9,12H2,1-2H3. The molecule has 0 saturated heterocycles. The minimum atomic E-state index is -4.29. The fourth-order valence-corrected chi connectivity index (χ4v) is 2.64. The largest absolute Gasteiger partial charge is 0.497 e. The van der Waals surface area contributed by atoms with E-state index in [1.807, 2.05) is 31.2 Å². The molecule has 0 bridgehead atoms. The number of hydrogen-bond acceptors (Lipinski definition) is 2. The number of ether oxygens (including phenoxy) is 1. The Labute approximate surface area is 140 Å². The molecule has 1 N–H and O–H groups in total. The zero-order valence-corrected chi connectivity index (χ0v) is 13.9. The van der Waals surface area contributed by atoms with Crippen molar-refractivity contribution in [3.8, 4) is 5.75 Å². The highest BCUT2D eigenvalue weighted by Gasteiger charge is 2.32. The molecule has 0 saturated carbocycles. The van der Waals surface area contributed by atoms with Crippen LogP contribution in [0.25, 0.3) is 0 Å². The van der Waals surface area contributed by atoms with Crippen molar-refractivity contribution in [3.05, 3.63) is 65.2 Å². The first kappa shape index (κ1) is 18.3. The monoisotopic (exact) mass is 337 g/mol. The minimum absolute atomic E-state index is 0.109. The molecule has 130 valence electrons. The van der Waals surface area contributed by atoms with Crippen LogP contribution in [0.3, 0.4) is 0 Å². The van der Waals surface area contributed by atoms with Crippen LogP contribution in [0.15, 0.2) is 48.5 Å². The highest BCUT2D eigenvalue weighted by Crippen LogP contribution is 2.32. The molecule has 2 aromatic rings. The zero-order valence-electron chi connectivity index (χ0n) is 13.9. The summed E-state index contributed by atoms with van der Waals surface area (Å²) in [5.74, 6) is 0.792. The Hall–Kier alpha value is -2.01. The van der Waals surface area contributed by atoms with Crippen LogP contribution in [0.1, 0.15) is 36.1 Å². The summed E-state index contributed by atoms with van der Waals surface area (Å²) in [7, 11) is 1.62. The lowest BCUT2D eigenvalue weighted by atomic mass is 10.0. The van der Waals surface area contributed by atoms with E-state index in [0.717, 1.165) is 17.4 Å². The number of benzene rings is 2. The number of alkyl halides is 3. The van der Waals surface area contributed by atoms with Crippen molar-refractivity contribution in [2.75, 3.05) is 13.7 Å². The van der Waals surface area contributed by atoms with Gasteiger partial charge in [0.15, 0.2) is 0 Å². The van der Waals surface area contributed by atoms with Gasteiger partial charge in [-0.25, -0.2) is 0 Å². The number of aryl methyl sites for hydroxylation is 1. The lowest BCUT2D eigenvalue weighted by Gasteiger charge is -2.16. The zero-order chi connectivity index (χ0) is 17.6. The summed E-state index contributed by atoms with van der Waals surface area (Å²) in [5.41, 5.74) is 0.900. The Morgan fingerprint density at radius 2 is 1.83 bits per heavy atom. The lowest BCUT2D eigenvalue weighted by molar-refractivity contribution is -0.138. The molecule has 0 aliphatic heterocycles. The van der Waals surface area contributed by atoms with Crippen LogP contribution in [0.4, 0.5) is 13.2 Å². The van der Waals surface area contributed by atoms with Gasteiger partial charge in [0, 0.05) is 6.04 Å². The van der Waals surface area contributed by atoms with Crippen LogP contribution >= 0.6 is 0 Å². The second-order valence-corrected chi connectivity index (χ2v) is 5.71. The molecule has 1 unspecified atom stereocenters. The smallest absolute Gasteiger partial charge is 0.416 e. The van der Waals surface area contributed by atoms with Crippen LogP contribution < -0.4 is 10.1 Å². The van der Waals surface area contributed by atoms with Gasteiger partial charge in [-0.3, -0.25) is 0 Å². The molecule has 0 aliphatic carbocycles. The first-order valence-corrected chi connectivity index (χ1v) is 7.94. The van der Waals surface area contributed by atoms with E-state index in [1.54, 1.807) is 19.2 Å². The Morgan fingerprint density at radius 3 is 2.54 bits per heavy atom. The minimum Gasteiger partial charge on any atom is -0.497 e. The first-order valence-electron chi connectivity index (χ1n) is 7.94. The Morgan fingerprint density at radius 1 is 1.08 bits per heavy atom. The number of nitrogens with one attached hydrogen (secondary N) is 1. The van der Waals surface area contributed by atoms with Crippen LogP contribution in [0.5, 0.6) is 5.75 Å². The van der Waals surface area contributed by atoms with Crippen molar-refractivity contribution < 1.29 is 17.9 Å². The van der Waals surface area contributed by atoms with E-state index in [0.29, 0.717) is 24.9 Å². The molecule has 24 heavy (non-hydrogen) atoms. The van der Waals surface area contributed by atoms with Gasteiger partial charge >= 0.3 is 6.18 Å². The molecule has 2 rings (SSSR count). The van der Waals surface area contributed by atoms with Gasteiger partial charge in [0.1, 0.15) is 5.75 Å². The molecule has 0 aliphatic rings. The fourth-order valence-electron chi connectivity index (χ4n) is 2.64. The molecule has 0 radical (unpaired) electrons. The summed E-state index contributed by atoms with van der Waals surface area (Å²) in [6, 6.07) is 13.6. The summed E-state index contributed by atoms with van der Waals surface area (Å²) in [4.78, 5) is 0. The maximum Gasteiger partial charge on any atom is 0.416 e. The highest BCUT2D eigenvalue weighted by molar-refractivity contribution is 5.31. The predicted molar refractivity (Wildman–Crippen MR) is 89.2 cm³/mol. The van der Waals surface area contributed by atoms with Gasteiger partial charge in [-0.1, -0.05) is 30.3 Å². The molecule has 0 fully saturated rings. The molecule has 1 atom stereocenters. The Balaban J connectivity index is 1.87. The first-order chi connectivity index (χ1) is 11.4. The average molecular weight is 337 g/mol. The molecule has 2 aromatic carbocycles. The third-order valence-corrected chi connectivity index (χ3v) is 3.99. The third-order valence-electron chi connectivity index (χ3n) is 3.99. The van der Waals surface area contributed by atoms with Crippen LogP contribution in [0.2, 0.25) is 0 Å². The van der Waals surface area contributed by atoms with Crippen molar-refractivity contribution in [3.63, 3.8) is 0 Å². The molecule has 0 heterocycles. The molecule has 0 spiro atoms. The van der Waals surface area contributed by atoms with E-state index in [4.69, 9.17) is 4.74 Å². The van der Waals surface area contributed by atoms with Crippen LogP contribution in [0, 0.1) is 0 Å². The van der Waals surface area contributed by atoms with E-state index < -0.39 is 11.7 Å². The molecular formula is C19H22F3NO. The normalized spacial score (nSPS) is 12.9. The molecule has 0 aromatic heterocycles. The topological polar surface area (TPSA) is 21.3 Å². The van der Waals surface area contributed by atoms with Crippen molar-refractivity contribution in [1.82, 2.24) is 5.32 Å². The van der Waals surface area contributed by atoms with E-state index >= 15 is 0 Å². The van der Waals surface area contributed by atoms with Gasteiger partial charge in [0.25, 0.3) is 0 Å². The van der Waals surface area contributed by atoms with Crippen LogP contribution in [-0.4, -0.2) is 13.7 Å². The van der Waals surface area contributed by atoms with E-state index in [9.17, 15) is 13.2 Å². The number of hydrogen-bond donors (Lipinski definition) is 1. The number of halogens is 3. The molecule has 5 heteroatoms. The average Bonchev–Trinajstić information content (AvgIpc) is 2.58. The summed E-state index contributed by atoms with van der Waals surface area (Å²) in [5, 5.41) is 3.34. The van der Waals surface area contributed by atoms with Gasteiger partial charge in [0.2, 0.25) is 0 Å². The Kier molecular flexibility index (Phi) is 6.26. The van der Waals surface area contributed by atoms with Crippen LogP contribution in [-0.2, 0) is 12.6 Å². The van der Waals surface area contributed by atoms with Crippen molar-refractivity contribution in [2.45, 2.75) is 32.0 Å². The quantitative estimate of drug-likeness (QED) is 0.718. The summed E-state index contributed by atoms with van der Waals surface area (Å²) >= 11 is 0. The van der Waals surface area contributed by atoms with E-state index in [1.165, 1.54) is 6.07 Å². The predicted octanol–water partition coefficient (Wildman–Crippen LogP) is 5.00. The fraction of sp³-hybridized carbons (Fsp3) is 0.368. The van der Waals surface area contributed by atoms with Gasteiger partial charge in [0.05, 0.1) is 12.7 Å². The van der Waals surface area contributed by atoms with Gasteiger partial charge in [-0.2, -0.15) is 13.2 Å². The van der Waals surface area contributed by atoms with Gasteiger partial charge < -0.3 is 10.1 Å². The van der Waals surface area contributed by atoms with Gasteiger partial charge in [-0.05, 0) is 55.6 Å². The third kappa shape index (κ3) is 4.99. The second kappa shape index (κ2) is 8.20. The molecular weight excluding hydrogens is 315 g/mol. The lowest BCUT2D eigenvalue weighted by Crippen LogP contribution is -2.20. The van der Waals surface area contributed by atoms with E-state index in [2.05, 4.69) is 5.32 Å². The number of methoxy groups -OCH3 is 1. The van der Waals surface area contributed by atoms with E-state index in [-0.39, 0.29) is 6.04 Å². The van der Waals surface area contributed by atoms with Crippen molar-refractivity contribution in [2.24, 2.45) is 0 Å². The Bertz CT molecular complexity index is 655.